The summed E-state index contributed by atoms with van der Waals surface area (Å²) in [6.45, 7) is 5.62. The number of hydrogen-bond acceptors (Lipinski definition) is 7. The molecule has 2 saturated heterocycles. The SMILES string of the molecule is COc1c(C)cccc1C(=O)N1CCN(c2ccc([N+](=O)[O-])c(NC[C@H]3CCCO3)c2)CC1. The molecule has 2 aliphatic heterocycles. The fraction of sp³-hybridized carbons (Fsp3) is 0.458. The van der Waals surface area contributed by atoms with Gasteiger partial charge in [-0.15, -0.1) is 0 Å². The topological polar surface area (TPSA) is 97.2 Å². The van der Waals surface area contributed by atoms with E-state index in [-0.39, 0.29) is 22.6 Å². The molecular formula is C24H30N4O5. The fourth-order valence-electron chi connectivity index (χ4n) is 4.48. The Balaban J connectivity index is 1.43. The maximum atomic E-state index is 13.1. The third kappa shape index (κ3) is 5.03. The van der Waals surface area contributed by atoms with Gasteiger partial charge in [0.25, 0.3) is 11.6 Å². The molecule has 0 spiro atoms. The van der Waals surface area contributed by atoms with Gasteiger partial charge in [-0.25, -0.2) is 0 Å². The number of carbonyl (C=O) groups is 1. The van der Waals surface area contributed by atoms with Crippen molar-refractivity contribution in [2.75, 3.05) is 56.7 Å². The monoisotopic (exact) mass is 454 g/mol. The minimum Gasteiger partial charge on any atom is -0.496 e. The number of nitrogens with zero attached hydrogens (tertiary/aromatic N) is 3. The first-order chi connectivity index (χ1) is 16.0. The molecule has 0 aromatic heterocycles. The molecular weight excluding hydrogens is 424 g/mol. The van der Waals surface area contributed by atoms with Gasteiger partial charge in [0, 0.05) is 51.1 Å². The molecule has 1 atom stereocenters. The zero-order chi connectivity index (χ0) is 23.4. The van der Waals surface area contributed by atoms with Crippen molar-refractivity contribution in [3.8, 4) is 5.75 Å². The summed E-state index contributed by atoms with van der Waals surface area (Å²) >= 11 is 0. The van der Waals surface area contributed by atoms with E-state index in [9.17, 15) is 14.9 Å². The largest absolute Gasteiger partial charge is 0.496 e. The highest BCUT2D eigenvalue weighted by Crippen LogP contribution is 2.31. The van der Waals surface area contributed by atoms with Crippen LogP contribution >= 0.6 is 0 Å². The maximum Gasteiger partial charge on any atom is 0.292 e. The quantitative estimate of drug-likeness (QED) is 0.505. The lowest BCUT2D eigenvalue weighted by Gasteiger charge is -2.36. The number of benzene rings is 2. The summed E-state index contributed by atoms with van der Waals surface area (Å²) in [5, 5.41) is 14.7. The summed E-state index contributed by atoms with van der Waals surface area (Å²) in [4.78, 5) is 28.2. The van der Waals surface area contributed by atoms with Gasteiger partial charge >= 0.3 is 0 Å². The van der Waals surface area contributed by atoms with E-state index in [1.807, 2.05) is 30.0 Å². The van der Waals surface area contributed by atoms with Crippen molar-refractivity contribution < 1.29 is 19.2 Å². The van der Waals surface area contributed by atoms with Crippen LogP contribution in [0.5, 0.6) is 5.75 Å². The molecule has 4 rings (SSSR count). The molecule has 9 nitrogen and oxygen atoms in total. The first-order valence-electron chi connectivity index (χ1n) is 11.3. The van der Waals surface area contributed by atoms with E-state index in [1.54, 1.807) is 25.3 Å². The Labute approximate surface area is 193 Å². The Morgan fingerprint density at radius 1 is 1.24 bits per heavy atom. The number of nitrogens with one attached hydrogen (secondary N) is 1. The number of anilines is 2. The number of para-hydroxylation sites is 1. The first-order valence-corrected chi connectivity index (χ1v) is 11.3. The van der Waals surface area contributed by atoms with Crippen LogP contribution in [0.25, 0.3) is 0 Å². The Morgan fingerprint density at radius 2 is 2.03 bits per heavy atom. The molecule has 0 bridgehead atoms. The molecule has 33 heavy (non-hydrogen) atoms. The van der Waals surface area contributed by atoms with Crippen molar-refractivity contribution >= 4 is 23.0 Å². The summed E-state index contributed by atoms with van der Waals surface area (Å²) in [5.41, 5.74) is 2.95. The highest BCUT2D eigenvalue weighted by molar-refractivity contribution is 5.97. The molecule has 0 radical (unpaired) electrons. The number of methoxy groups -OCH3 is 1. The van der Waals surface area contributed by atoms with E-state index >= 15 is 0 Å². The van der Waals surface area contributed by atoms with Crippen LogP contribution in [0.2, 0.25) is 0 Å². The van der Waals surface area contributed by atoms with Crippen molar-refractivity contribution in [3.63, 3.8) is 0 Å². The summed E-state index contributed by atoms with van der Waals surface area (Å²) in [5.74, 6) is 0.570. The smallest absolute Gasteiger partial charge is 0.292 e. The van der Waals surface area contributed by atoms with Crippen LogP contribution in [0.3, 0.4) is 0 Å². The van der Waals surface area contributed by atoms with Gasteiger partial charge in [0.1, 0.15) is 11.4 Å². The van der Waals surface area contributed by atoms with E-state index in [2.05, 4.69) is 10.2 Å². The highest BCUT2D eigenvalue weighted by Gasteiger charge is 2.26. The predicted molar refractivity (Wildman–Crippen MR) is 126 cm³/mol. The molecule has 1 N–H and O–H groups in total. The van der Waals surface area contributed by atoms with E-state index < -0.39 is 0 Å². The number of ether oxygens (including phenoxy) is 2. The lowest BCUT2D eigenvalue weighted by Crippen LogP contribution is -2.48. The number of nitro benzene ring substituents is 1. The molecule has 0 aliphatic carbocycles. The van der Waals surface area contributed by atoms with Gasteiger partial charge in [-0.3, -0.25) is 14.9 Å². The van der Waals surface area contributed by atoms with E-state index in [1.165, 1.54) is 0 Å². The number of carbonyl (C=O) groups excluding carboxylic acids is 1. The van der Waals surface area contributed by atoms with Gasteiger partial charge in [0.05, 0.1) is 23.7 Å². The molecule has 2 aromatic carbocycles. The summed E-state index contributed by atoms with van der Waals surface area (Å²) < 4.78 is 11.1. The van der Waals surface area contributed by atoms with Gasteiger partial charge in [-0.1, -0.05) is 12.1 Å². The van der Waals surface area contributed by atoms with E-state index in [0.717, 1.165) is 30.7 Å². The van der Waals surface area contributed by atoms with Crippen molar-refractivity contribution in [1.82, 2.24) is 4.90 Å². The minimum absolute atomic E-state index is 0.0437. The number of aryl methyl sites for hydroxylation is 1. The van der Waals surface area contributed by atoms with Crippen molar-refractivity contribution in [2.45, 2.75) is 25.9 Å². The van der Waals surface area contributed by atoms with E-state index in [0.29, 0.717) is 49.7 Å². The average Bonchev–Trinajstić information content (AvgIpc) is 3.35. The number of rotatable bonds is 7. The van der Waals surface area contributed by atoms with E-state index in [4.69, 9.17) is 9.47 Å². The molecule has 1 amide bonds. The van der Waals surface area contributed by atoms with Gasteiger partial charge in [0.15, 0.2) is 0 Å². The maximum absolute atomic E-state index is 13.1. The van der Waals surface area contributed by atoms with Crippen LogP contribution < -0.4 is 15.0 Å². The molecule has 176 valence electrons. The number of piperazine rings is 1. The van der Waals surface area contributed by atoms with Crippen molar-refractivity contribution in [3.05, 3.63) is 57.6 Å². The molecule has 2 fully saturated rings. The fourth-order valence-corrected chi connectivity index (χ4v) is 4.48. The summed E-state index contributed by atoms with van der Waals surface area (Å²) in [7, 11) is 1.58. The van der Waals surface area contributed by atoms with Gasteiger partial charge < -0.3 is 24.6 Å². The van der Waals surface area contributed by atoms with Crippen molar-refractivity contribution in [1.29, 1.82) is 0 Å². The normalized spacial score (nSPS) is 18.3. The summed E-state index contributed by atoms with van der Waals surface area (Å²) in [6.07, 6.45) is 2.06. The standard InChI is InChI=1S/C24H30N4O5/c1-17-5-3-7-20(23(17)32-2)24(29)27-12-10-26(11-13-27)18-8-9-22(28(30)31)21(15-18)25-16-19-6-4-14-33-19/h3,5,7-9,15,19,25H,4,6,10-14,16H2,1-2H3/t19-/m1/s1. The second-order valence-electron chi connectivity index (χ2n) is 8.41. The lowest BCUT2D eigenvalue weighted by molar-refractivity contribution is -0.383. The van der Waals surface area contributed by atoms with Crippen LogP contribution in [0.4, 0.5) is 17.1 Å². The average molecular weight is 455 g/mol. The van der Waals surface area contributed by atoms with Gasteiger partial charge in [-0.2, -0.15) is 0 Å². The number of amides is 1. The van der Waals surface area contributed by atoms with Crippen LogP contribution in [-0.4, -0.2) is 68.3 Å². The van der Waals surface area contributed by atoms with Crippen LogP contribution in [0.1, 0.15) is 28.8 Å². The Bertz CT molecular complexity index is 1010. The highest BCUT2D eigenvalue weighted by atomic mass is 16.6. The second-order valence-corrected chi connectivity index (χ2v) is 8.41. The number of nitro groups is 1. The molecule has 9 heteroatoms. The van der Waals surface area contributed by atoms with Gasteiger partial charge in [-0.05, 0) is 43.5 Å². The first kappa shape index (κ1) is 22.8. The Kier molecular flexibility index (Phi) is 6.98. The summed E-state index contributed by atoms with van der Waals surface area (Å²) in [6, 6.07) is 10.7. The second kappa shape index (κ2) is 10.1. The van der Waals surface area contributed by atoms with Gasteiger partial charge in [0.2, 0.25) is 0 Å². The predicted octanol–water partition coefficient (Wildman–Crippen LogP) is 3.47. The lowest BCUT2D eigenvalue weighted by atomic mass is 10.1. The third-order valence-corrected chi connectivity index (χ3v) is 6.30. The third-order valence-electron chi connectivity index (χ3n) is 6.30. The van der Waals surface area contributed by atoms with Crippen LogP contribution in [-0.2, 0) is 4.74 Å². The van der Waals surface area contributed by atoms with Crippen LogP contribution in [0.15, 0.2) is 36.4 Å². The number of hydrogen-bond donors (Lipinski definition) is 1. The Hall–Kier alpha value is -3.33. The molecule has 2 aliphatic rings. The minimum atomic E-state index is -0.368. The molecule has 2 heterocycles. The molecule has 2 aromatic rings. The molecule has 0 saturated carbocycles. The molecule has 0 unspecified atom stereocenters. The van der Waals surface area contributed by atoms with Crippen LogP contribution in [0, 0.1) is 17.0 Å². The zero-order valence-corrected chi connectivity index (χ0v) is 19.1. The zero-order valence-electron chi connectivity index (χ0n) is 19.1. The van der Waals surface area contributed by atoms with Crippen molar-refractivity contribution in [2.24, 2.45) is 0 Å². The Morgan fingerprint density at radius 3 is 2.70 bits per heavy atom.